The molecule has 0 atom stereocenters. The van der Waals surface area contributed by atoms with E-state index in [9.17, 15) is 4.79 Å². The van der Waals surface area contributed by atoms with Gasteiger partial charge in [-0.25, -0.2) is 5.43 Å². The summed E-state index contributed by atoms with van der Waals surface area (Å²) >= 11 is 1.57. The van der Waals surface area contributed by atoms with E-state index in [4.69, 9.17) is 14.2 Å². The molecular weight excluding hydrogens is 352 g/mol. The molecule has 0 radical (unpaired) electrons. The highest BCUT2D eigenvalue weighted by Gasteiger charge is 2.18. The molecule has 2 rings (SSSR count). The first-order chi connectivity index (χ1) is 12.6. The van der Waals surface area contributed by atoms with Crippen LogP contribution in [0, 0.1) is 6.92 Å². The molecule has 6 nitrogen and oxygen atoms in total. The van der Waals surface area contributed by atoms with Crippen molar-refractivity contribution in [1.82, 2.24) is 5.43 Å². The monoisotopic (exact) mass is 376 g/mol. The molecule has 140 valence electrons. The van der Waals surface area contributed by atoms with Crippen LogP contribution in [0.1, 0.15) is 41.6 Å². The predicted molar refractivity (Wildman–Crippen MR) is 104 cm³/mol. The van der Waals surface area contributed by atoms with Crippen LogP contribution < -0.4 is 19.6 Å². The molecule has 1 N–H and O–H groups in total. The van der Waals surface area contributed by atoms with Gasteiger partial charge in [-0.3, -0.25) is 4.79 Å². The molecule has 1 aromatic carbocycles. The fraction of sp³-hybridized carbons (Fsp3) is 0.368. The number of thiophene rings is 1. The van der Waals surface area contributed by atoms with Gasteiger partial charge in [0, 0.05) is 10.4 Å². The molecule has 0 fully saturated rings. The first-order valence-electron chi connectivity index (χ1n) is 8.54. The van der Waals surface area contributed by atoms with E-state index >= 15 is 0 Å². The van der Waals surface area contributed by atoms with Gasteiger partial charge in [0.25, 0.3) is 5.91 Å². The van der Waals surface area contributed by atoms with Gasteiger partial charge in [0.15, 0.2) is 11.5 Å². The summed E-state index contributed by atoms with van der Waals surface area (Å²) in [6.45, 7) is 8.99. The zero-order valence-electron chi connectivity index (χ0n) is 15.5. The Kier molecular flexibility index (Phi) is 7.47. The summed E-state index contributed by atoms with van der Waals surface area (Å²) < 4.78 is 16.9. The molecule has 26 heavy (non-hydrogen) atoms. The molecule has 0 aliphatic rings. The Balaban J connectivity index is 2.24. The molecule has 1 heterocycles. The summed E-state index contributed by atoms with van der Waals surface area (Å²) in [6, 6.07) is 5.28. The van der Waals surface area contributed by atoms with Crippen LogP contribution in [0.15, 0.2) is 28.7 Å². The summed E-state index contributed by atoms with van der Waals surface area (Å²) in [5.41, 5.74) is 4.05. The summed E-state index contributed by atoms with van der Waals surface area (Å²) in [7, 11) is 0. The van der Waals surface area contributed by atoms with Gasteiger partial charge in [-0.05, 0) is 56.8 Å². The second kappa shape index (κ2) is 9.82. The zero-order chi connectivity index (χ0) is 18.9. The molecule has 1 aromatic heterocycles. The Bertz CT molecular complexity index is 744. The van der Waals surface area contributed by atoms with Crippen molar-refractivity contribution in [2.24, 2.45) is 5.10 Å². The predicted octanol–water partition coefficient (Wildman–Crippen LogP) is 4.02. The third kappa shape index (κ3) is 4.98. The number of aryl methyl sites for hydroxylation is 1. The molecule has 7 heteroatoms. The highest BCUT2D eigenvalue weighted by atomic mass is 32.1. The van der Waals surface area contributed by atoms with Crippen molar-refractivity contribution in [3.05, 3.63) is 39.6 Å². The molecular formula is C19H24N2O4S. The molecule has 0 saturated carbocycles. The molecule has 0 unspecified atom stereocenters. The number of hydrogen-bond donors (Lipinski definition) is 1. The second-order valence-corrected chi connectivity index (χ2v) is 6.22. The number of benzene rings is 1. The molecule has 0 saturated heterocycles. The normalized spacial score (nSPS) is 10.8. The standard InChI is InChI=1S/C19H24N2O4S/c1-5-23-15-10-14(11-16(24-6-2)18(15)25-7-3)19(22)21-20-12-17-13(4)8-9-26-17/h8-12H,5-7H2,1-4H3,(H,21,22). The Morgan fingerprint density at radius 2 is 1.73 bits per heavy atom. The maximum Gasteiger partial charge on any atom is 0.271 e. The quantitative estimate of drug-likeness (QED) is 0.530. The maximum atomic E-state index is 12.5. The number of carbonyl (C=O) groups is 1. The summed E-state index contributed by atoms with van der Waals surface area (Å²) in [5, 5.41) is 6.01. The maximum absolute atomic E-state index is 12.5. The highest BCUT2D eigenvalue weighted by Crippen LogP contribution is 2.39. The van der Waals surface area contributed by atoms with Gasteiger partial charge < -0.3 is 14.2 Å². The smallest absolute Gasteiger partial charge is 0.271 e. The number of nitrogens with zero attached hydrogens (tertiary/aromatic N) is 1. The molecule has 2 aromatic rings. The van der Waals surface area contributed by atoms with E-state index in [0.29, 0.717) is 42.6 Å². The fourth-order valence-corrected chi connectivity index (χ4v) is 3.04. The first-order valence-corrected chi connectivity index (χ1v) is 9.42. The minimum atomic E-state index is -0.347. The van der Waals surface area contributed by atoms with Crippen molar-refractivity contribution in [2.75, 3.05) is 19.8 Å². The Hall–Kier alpha value is -2.54. The summed E-state index contributed by atoms with van der Waals surface area (Å²) in [6.07, 6.45) is 1.64. The molecule has 0 aliphatic carbocycles. The van der Waals surface area contributed by atoms with Crippen LogP contribution in [0.2, 0.25) is 0 Å². The topological polar surface area (TPSA) is 69.2 Å². The first kappa shape index (κ1) is 19.8. The van der Waals surface area contributed by atoms with Crippen LogP contribution in [0.4, 0.5) is 0 Å². The minimum Gasteiger partial charge on any atom is -0.490 e. The number of rotatable bonds is 9. The number of nitrogens with one attached hydrogen (secondary N) is 1. The van der Waals surface area contributed by atoms with Crippen LogP contribution in [0.5, 0.6) is 17.2 Å². The molecule has 0 aliphatic heterocycles. The lowest BCUT2D eigenvalue weighted by molar-refractivity contribution is 0.0954. The van der Waals surface area contributed by atoms with Crippen LogP contribution in [-0.2, 0) is 0 Å². The van der Waals surface area contributed by atoms with Crippen molar-refractivity contribution in [3.8, 4) is 17.2 Å². The third-order valence-electron chi connectivity index (χ3n) is 3.42. The van der Waals surface area contributed by atoms with E-state index in [1.807, 2.05) is 39.1 Å². The zero-order valence-corrected chi connectivity index (χ0v) is 16.3. The SMILES string of the molecule is CCOc1cc(C(=O)NN=Cc2sccc2C)cc(OCC)c1OCC. The van der Waals surface area contributed by atoms with Crippen LogP contribution in [-0.4, -0.2) is 31.9 Å². The number of hydrazone groups is 1. The summed E-state index contributed by atoms with van der Waals surface area (Å²) in [4.78, 5) is 13.5. The van der Waals surface area contributed by atoms with Gasteiger partial charge in [-0.2, -0.15) is 5.10 Å². The van der Waals surface area contributed by atoms with Gasteiger partial charge in [0.1, 0.15) is 0 Å². The average Bonchev–Trinajstić information content (AvgIpc) is 3.03. The van der Waals surface area contributed by atoms with Crippen LogP contribution in [0.25, 0.3) is 0 Å². The van der Waals surface area contributed by atoms with Crippen molar-refractivity contribution >= 4 is 23.5 Å². The van der Waals surface area contributed by atoms with Crippen LogP contribution >= 0.6 is 11.3 Å². The molecule has 1 amide bonds. The van der Waals surface area contributed by atoms with Gasteiger partial charge in [0.2, 0.25) is 5.75 Å². The van der Waals surface area contributed by atoms with Gasteiger partial charge >= 0.3 is 0 Å². The van der Waals surface area contributed by atoms with E-state index in [1.165, 1.54) is 0 Å². The van der Waals surface area contributed by atoms with E-state index in [1.54, 1.807) is 29.7 Å². The van der Waals surface area contributed by atoms with E-state index in [2.05, 4.69) is 10.5 Å². The number of carbonyl (C=O) groups excluding carboxylic acids is 1. The second-order valence-electron chi connectivity index (χ2n) is 5.27. The van der Waals surface area contributed by atoms with Gasteiger partial charge in [0.05, 0.1) is 26.0 Å². The lowest BCUT2D eigenvalue weighted by atomic mass is 10.1. The Morgan fingerprint density at radius 3 is 2.23 bits per heavy atom. The lowest BCUT2D eigenvalue weighted by Crippen LogP contribution is -2.18. The largest absolute Gasteiger partial charge is 0.490 e. The number of hydrogen-bond acceptors (Lipinski definition) is 6. The Labute approximate surface area is 157 Å². The van der Waals surface area contributed by atoms with Crippen molar-refractivity contribution in [3.63, 3.8) is 0 Å². The van der Waals surface area contributed by atoms with E-state index in [-0.39, 0.29) is 5.91 Å². The van der Waals surface area contributed by atoms with Crippen molar-refractivity contribution in [2.45, 2.75) is 27.7 Å². The van der Waals surface area contributed by atoms with E-state index in [0.717, 1.165) is 10.4 Å². The fourth-order valence-electron chi connectivity index (χ4n) is 2.25. The average molecular weight is 376 g/mol. The number of amides is 1. The van der Waals surface area contributed by atoms with Gasteiger partial charge in [-0.1, -0.05) is 0 Å². The lowest BCUT2D eigenvalue weighted by Gasteiger charge is -2.16. The summed E-state index contributed by atoms with van der Waals surface area (Å²) in [5.74, 6) is 1.11. The van der Waals surface area contributed by atoms with Crippen LogP contribution in [0.3, 0.4) is 0 Å². The van der Waals surface area contributed by atoms with Crippen molar-refractivity contribution in [1.29, 1.82) is 0 Å². The molecule has 0 spiro atoms. The molecule has 0 bridgehead atoms. The van der Waals surface area contributed by atoms with Gasteiger partial charge in [-0.15, -0.1) is 11.3 Å². The minimum absolute atomic E-state index is 0.347. The van der Waals surface area contributed by atoms with E-state index < -0.39 is 0 Å². The highest BCUT2D eigenvalue weighted by molar-refractivity contribution is 7.11. The number of ether oxygens (including phenoxy) is 3. The Morgan fingerprint density at radius 1 is 1.12 bits per heavy atom. The van der Waals surface area contributed by atoms with Crippen molar-refractivity contribution < 1.29 is 19.0 Å². The third-order valence-corrected chi connectivity index (χ3v) is 4.37.